The number of amides is 1. The van der Waals surface area contributed by atoms with Crippen LogP contribution >= 0.6 is 0 Å². The van der Waals surface area contributed by atoms with Crippen LogP contribution in [0.25, 0.3) is 11.0 Å². The van der Waals surface area contributed by atoms with Gasteiger partial charge in [0.05, 0.1) is 17.5 Å². The van der Waals surface area contributed by atoms with E-state index in [1.54, 1.807) is 50.4 Å². The van der Waals surface area contributed by atoms with Crippen LogP contribution in [0.4, 0.5) is 0 Å². The maximum absolute atomic E-state index is 12.7. The van der Waals surface area contributed by atoms with Crippen molar-refractivity contribution in [2.75, 3.05) is 7.05 Å². The van der Waals surface area contributed by atoms with E-state index in [2.05, 4.69) is 0 Å². The summed E-state index contributed by atoms with van der Waals surface area (Å²) < 4.78 is 5.59. The van der Waals surface area contributed by atoms with E-state index >= 15 is 0 Å². The number of hydrogen-bond acceptors (Lipinski definition) is 4. The number of hydrogen-bond donors (Lipinski definition) is 1. The second-order valence-electron chi connectivity index (χ2n) is 5.98. The van der Waals surface area contributed by atoms with E-state index in [0.717, 1.165) is 5.56 Å². The lowest BCUT2D eigenvalue weighted by atomic mass is 10.0. The molecule has 1 amide bonds. The van der Waals surface area contributed by atoms with Crippen molar-refractivity contribution in [1.82, 2.24) is 4.90 Å². The highest BCUT2D eigenvalue weighted by molar-refractivity contribution is 5.93. The minimum Gasteiger partial charge on any atom is -0.451 e. The molecule has 0 fully saturated rings. The van der Waals surface area contributed by atoms with E-state index in [-0.39, 0.29) is 11.2 Å². The molecule has 2 aromatic carbocycles. The lowest BCUT2D eigenvalue weighted by molar-refractivity contribution is 0.0462. The van der Waals surface area contributed by atoms with Crippen molar-refractivity contribution in [2.45, 2.75) is 19.1 Å². The van der Waals surface area contributed by atoms with Crippen molar-refractivity contribution in [3.8, 4) is 0 Å². The van der Waals surface area contributed by atoms with Gasteiger partial charge in [-0.1, -0.05) is 42.5 Å². The first-order valence-corrected chi connectivity index (χ1v) is 8.02. The average molecular weight is 337 g/mol. The summed E-state index contributed by atoms with van der Waals surface area (Å²) in [5, 5.41) is 10.9. The number of para-hydroxylation sites is 1. The standard InChI is InChI=1S/C20H19NO4/c1-13(19(23)14-8-4-3-5-9-14)21(2)20(24)18-12-16(22)15-10-6-7-11-17(15)25-18/h3-13,19,23H,1-2H3/t13-,19-/m0/s1. The van der Waals surface area contributed by atoms with Gasteiger partial charge < -0.3 is 14.4 Å². The molecule has 0 saturated carbocycles. The Balaban J connectivity index is 1.88. The van der Waals surface area contributed by atoms with Crippen LogP contribution in [0, 0.1) is 0 Å². The monoisotopic (exact) mass is 337 g/mol. The molecule has 2 atom stereocenters. The van der Waals surface area contributed by atoms with Crippen LogP contribution in [0.15, 0.2) is 69.9 Å². The number of aliphatic hydroxyl groups excluding tert-OH is 1. The van der Waals surface area contributed by atoms with Gasteiger partial charge in [-0.3, -0.25) is 9.59 Å². The van der Waals surface area contributed by atoms with Crippen LogP contribution in [0.3, 0.4) is 0 Å². The number of aliphatic hydroxyl groups is 1. The van der Waals surface area contributed by atoms with Gasteiger partial charge in [0.1, 0.15) is 5.58 Å². The molecular formula is C20H19NO4. The summed E-state index contributed by atoms with van der Waals surface area (Å²) in [7, 11) is 1.58. The molecule has 5 nitrogen and oxygen atoms in total. The quantitative estimate of drug-likeness (QED) is 0.794. The Bertz CT molecular complexity index is 949. The Morgan fingerprint density at radius 3 is 2.44 bits per heavy atom. The molecule has 0 aliphatic heterocycles. The van der Waals surface area contributed by atoms with Gasteiger partial charge in [0.2, 0.25) is 0 Å². The van der Waals surface area contributed by atoms with Gasteiger partial charge in [0, 0.05) is 13.1 Å². The van der Waals surface area contributed by atoms with Gasteiger partial charge in [-0.2, -0.15) is 0 Å². The van der Waals surface area contributed by atoms with Crippen molar-refractivity contribution in [1.29, 1.82) is 0 Å². The van der Waals surface area contributed by atoms with Gasteiger partial charge in [0.25, 0.3) is 5.91 Å². The predicted molar refractivity (Wildman–Crippen MR) is 95.4 cm³/mol. The van der Waals surface area contributed by atoms with E-state index in [4.69, 9.17) is 4.42 Å². The highest BCUT2D eigenvalue weighted by Gasteiger charge is 2.26. The molecule has 0 saturated heterocycles. The number of rotatable bonds is 4. The highest BCUT2D eigenvalue weighted by Crippen LogP contribution is 2.21. The molecule has 0 aliphatic rings. The Kier molecular flexibility index (Phi) is 4.67. The average Bonchev–Trinajstić information content (AvgIpc) is 2.66. The molecule has 0 aliphatic carbocycles. The molecule has 1 heterocycles. The maximum Gasteiger partial charge on any atom is 0.289 e. The fraction of sp³-hybridized carbons (Fsp3) is 0.200. The molecule has 0 unspecified atom stereocenters. The number of carbonyl (C=O) groups excluding carboxylic acids is 1. The van der Waals surface area contributed by atoms with Crippen LogP contribution in [-0.4, -0.2) is 29.0 Å². The predicted octanol–water partition coefficient (Wildman–Crippen LogP) is 2.99. The molecular weight excluding hydrogens is 318 g/mol. The SMILES string of the molecule is C[C@@H]([C@H](O)c1ccccc1)N(C)C(=O)c1cc(=O)c2ccccc2o1. The lowest BCUT2D eigenvalue weighted by Gasteiger charge is -2.28. The van der Waals surface area contributed by atoms with Crippen LogP contribution < -0.4 is 5.43 Å². The van der Waals surface area contributed by atoms with Gasteiger partial charge in [-0.15, -0.1) is 0 Å². The molecule has 3 rings (SSSR count). The van der Waals surface area contributed by atoms with Crippen molar-refractivity contribution in [2.24, 2.45) is 0 Å². The largest absolute Gasteiger partial charge is 0.451 e. The molecule has 1 aromatic heterocycles. The summed E-state index contributed by atoms with van der Waals surface area (Å²) in [5.41, 5.74) is 0.812. The summed E-state index contributed by atoms with van der Waals surface area (Å²) in [6, 6.07) is 16.6. The molecule has 5 heteroatoms. The minimum atomic E-state index is -0.845. The first kappa shape index (κ1) is 16.9. The minimum absolute atomic E-state index is 0.0432. The summed E-state index contributed by atoms with van der Waals surface area (Å²) in [4.78, 5) is 26.3. The van der Waals surface area contributed by atoms with E-state index < -0.39 is 18.1 Å². The maximum atomic E-state index is 12.7. The third-order valence-electron chi connectivity index (χ3n) is 4.37. The second-order valence-corrected chi connectivity index (χ2v) is 5.98. The smallest absolute Gasteiger partial charge is 0.289 e. The fourth-order valence-electron chi connectivity index (χ4n) is 2.71. The zero-order valence-electron chi connectivity index (χ0n) is 14.0. The molecule has 25 heavy (non-hydrogen) atoms. The van der Waals surface area contributed by atoms with Crippen molar-refractivity contribution < 1.29 is 14.3 Å². The van der Waals surface area contributed by atoms with Crippen molar-refractivity contribution in [3.05, 3.63) is 82.2 Å². The Morgan fingerprint density at radius 1 is 1.08 bits per heavy atom. The second kappa shape index (κ2) is 6.91. The van der Waals surface area contributed by atoms with Gasteiger partial charge in [-0.25, -0.2) is 0 Å². The summed E-state index contributed by atoms with van der Waals surface area (Å²) in [6.45, 7) is 1.74. The van der Waals surface area contributed by atoms with E-state index in [1.807, 2.05) is 18.2 Å². The van der Waals surface area contributed by atoms with Crippen LogP contribution in [0.2, 0.25) is 0 Å². The third-order valence-corrected chi connectivity index (χ3v) is 4.37. The number of likely N-dealkylation sites (N-methyl/N-ethyl adjacent to an activating group) is 1. The zero-order chi connectivity index (χ0) is 18.0. The summed E-state index contributed by atoms with van der Waals surface area (Å²) in [5.74, 6) is -0.497. The van der Waals surface area contributed by atoms with Crippen molar-refractivity contribution >= 4 is 16.9 Å². The normalized spacial score (nSPS) is 13.4. The van der Waals surface area contributed by atoms with E-state index in [9.17, 15) is 14.7 Å². The fourth-order valence-corrected chi connectivity index (χ4v) is 2.71. The van der Waals surface area contributed by atoms with Crippen LogP contribution in [-0.2, 0) is 0 Å². The summed E-state index contributed by atoms with van der Waals surface area (Å²) >= 11 is 0. The Morgan fingerprint density at radius 2 is 1.72 bits per heavy atom. The number of nitrogens with zero attached hydrogens (tertiary/aromatic N) is 1. The van der Waals surface area contributed by atoms with E-state index in [1.165, 1.54) is 11.0 Å². The van der Waals surface area contributed by atoms with E-state index in [0.29, 0.717) is 11.0 Å². The van der Waals surface area contributed by atoms with Gasteiger partial charge in [0.15, 0.2) is 11.2 Å². The highest BCUT2D eigenvalue weighted by atomic mass is 16.3. The molecule has 128 valence electrons. The topological polar surface area (TPSA) is 70.8 Å². The lowest BCUT2D eigenvalue weighted by Crippen LogP contribution is -2.39. The van der Waals surface area contributed by atoms with Crippen LogP contribution in [0.5, 0.6) is 0 Å². The Hall–Kier alpha value is -2.92. The Labute approximate surface area is 145 Å². The summed E-state index contributed by atoms with van der Waals surface area (Å²) in [6.07, 6.45) is -0.845. The first-order valence-electron chi connectivity index (χ1n) is 8.02. The number of carbonyl (C=O) groups is 1. The van der Waals surface area contributed by atoms with Crippen molar-refractivity contribution in [3.63, 3.8) is 0 Å². The molecule has 0 radical (unpaired) electrons. The molecule has 3 aromatic rings. The molecule has 0 bridgehead atoms. The third kappa shape index (κ3) is 3.32. The van der Waals surface area contributed by atoms with Gasteiger partial charge in [-0.05, 0) is 24.6 Å². The first-order chi connectivity index (χ1) is 12.0. The van der Waals surface area contributed by atoms with Gasteiger partial charge >= 0.3 is 0 Å². The molecule has 1 N–H and O–H groups in total. The van der Waals surface area contributed by atoms with Crippen LogP contribution in [0.1, 0.15) is 29.1 Å². The zero-order valence-corrected chi connectivity index (χ0v) is 14.0. The number of fused-ring (bicyclic) bond motifs is 1. The molecule has 0 spiro atoms. The number of benzene rings is 2.